The molecule has 6 heteroatoms. The second kappa shape index (κ2) is 7.21. The summed E-state index contributed by atoms with van der Waals surface area (Å²) in [5.41, 5.74) is 5.91. The van der Waals surface area contributed by atoms with E-state index < -0.39 is 5.82 Å². The van der Waals surface area contributed by atoms with Gasteiger partial charge in [-0.3, -0.25) is 4.79 Å². The molecule has 0 saturated carbocycles. The third kappa shape index (κ3) is 4.47. The minimum absolute atomic E-state index is 0.0115. The lowest BCUT2D eigenvalue weighted by atomic mass is 10.2. The maximum atomic E-state index is 13.0. The van der Waals surface area contributed by atoms with E-state index in [-0.39, 0.29) is 24.1 Å². The first-order chi connectivity index (χ1) is 9.65. The van der Waals surface area contributed by atoms with Gasteiger partial charge in [-0.15, -0.1) is 0 Å². The third-order valence-electron chi connectivity index (χ3n) is 3.08. The number of amides is 1. The van der Waals surface area contributed by atoms with Crippen LogP contribution in [0.1, 0.15) is 19.3 Å². The van der Waals surface area contributed by atoms with Crippen molar-refractivity contribution in [2.45, 2.75) is 25.4 Å². The van der Waals surface area contributed by atoms with Crippen LogP contribution in [0.25, 0.3) is 0 Å². The Kier molecular flexibility index (Phi) is 5.31. The molecule has 2 rings (SSSR count). The summed E-state index contributed by atoms with van der Waals surface area (Å²) < 4.78 is 23.8. The third-order valence-corrected chi connectivity index (χ3v) is 3.08. The number of hydrogen-bond acceptors (Lipinski definition) is 4. The van der Waals surface area contributed by atoms with Crippen LogP contribution in [0.15, 0.2) is 18.2 Å². The lowest BCUT2D eigenvalue weighted by molar-refractivity contribution is -0.117. The van der Waals surface area contributed by atoms with Crippen molar-refractivity contribution in [3.8, 4) is 0 Å². The molecule has 3 N–H and O–H groups in total. The SMILES string of the molecule is Nc1cc(NC(=O)CCOCC2CCCO2)ccc1F. The summed E-state index contributed by atoms with van der Waals surface area (Å²) >= 11 is 0. The molecule has 0 aliphatic carbocycles. The smallest absolute Gasteiger partial charge is 0.226 e. The van der Waals surface area contributed by atoms with Gasteiger partial charge in [0.2, 0.25) is 5.91 Å². The fourth-order valence-electron chi connectivity index (χ4n) is 2.00. The first kappa shape index (κ1) is 14.7. The monoisotopic (exact) mass is 282 g/mol. The summed E-state index contributed by atoms with van der Waals surface area (Å²) in [6, 6.07) is 4.08. The van der Waals surface area contributed by atoms with Gasteiger partial charge in [0.15, 0.2) is 0 Å². The molecule has 110 valence electrons. The quantitative estimate of drug-likeness (QED) is 0.617. The number of hydrogen-bond donors (Lipinski definition) is 2. The lowest BCUT2D eigenvalue weighted by Gasteiger charge is -2.10. The number of anilines is 2. The van der Waals surface area contributed by atoms with Crippen molar-refractivity contribution in [2.75, 3.05) is 30.9 Å². The van der Waals surface area contributed by atoms with E-state index in [0.717, 1.165) is 19.4 Å². The van der Waals surface area contributed by atoms with Crippen LogP contribution in [0.5, 0.6) is 0 Å². The second-order valence-electron chi connectivity index (χ2n) is 4.74. The first-order valence-corrected chi connectivity index (χ1v) is 6.69. The zero-order valence-corrected chi connectivity index (χ0v) is 11.2. The van der Waals surface area contributed by atoms with Crippen LogP contribution in [0, 0.1) is 5.82 Å². The summed E-state index contributed by atoms with van der Waals surface area (Å²) in [6.07, 6.45) is 2.49. The van der Waals surface area contributed by atoms with E-state index >= 15 is 0 Å². The van der Waals surface area contributed by atoms with E-state index in [4.69, 9.17) is 15.2 Å². The Balaban J connectivity index is 1.65. The molecule has 1 saturated heterocycles. The van der Waals surface area contributed by atoms with Crippen LogP contribution in [-0.4, -0.2) is 31.8 Å². The van der Waals surface area contributed by atoms with Crippen LogP contribution in [0.4, 0.5) is 15.8 Å². The second-order valence-corrected chi connectivity index (χ2v) is 4.74. The highest BCUT2D eigenvalue weighted by Crippen LogP contribution is 2.16. The van der Waals surface area contributed by atoms with Crippen LogP contribution >= 0.6 is 0 Å². The molecule has 0 aromatic heterocycles. The average molecular weight is 282 g/mol. The number of nitrogens with two attached hydrogens (primary N) is 1. The molecule has 20 heavy (non-hydrogen) atoms. The lowest BCUT2D eigenvalue weighted by Crippen LogP contribution is -2.18. The predicted molar refractivity (Wildman–Crippen MR) is 73.9 cm³/mol. The summed E-state index contributed by atoms with van der Waals surface area (Å²) in [5.74, 6) is -0.689. The van der Waals surface area contributed by atoms with Crippen LogP contribution < -0.4 is 11.1 Å². The summed E-state index contributed by atoms with van der Waals surface area (Å²) in [7, 11) is 0. The molecule has 1 atom stereocenters. The van der Waals surface area contributed by atoms with Gasteiger partial charge in [0.1, 0.15) is 5.82 Å². The first-order valence-electron chi connectivity index (χ1n) is 6.69. The Morgan fingerprint density at radius 1 is 1.55 bits per heavy atom. The van der Waals surface area contributed by atoms with Crippen molar-refractivity contribution >= 4 is 17.3 Å². The van der Waals surface area contributed by atoms with Crippen molar-refractivity contribution in [1.82, 2.24) is 0 Å². The molecule has 1 heterocycles. The van der Waals surface area contributed by atoms with Crippen LogP contribution in [-0.2, 0) is 14.3 Å². The maximum absolute atomic E-state index is 13.0. The number of carbonyl (C=O) groups is 1. The van der Waals surface area contributed by atoms with Crippen molar-refractivity contribution in [3.63, 3.8) is 0 Å². The van der Waals surface area contributed by atoms with Gasteiger partial charge in [-0.25, -0.2) is 4.39 Å². The standard InChI is InChI=1S/C14H19FN2O3/c15-12-4-3-10(8-13(12)16)17-14(18)5-7-19-9-11-2-1-6-20-11/h3-4,8,11H,1-2,5-7,9,16H2,(H,17,18). The molecule has 1 amide bonds. The van der Waals surface area contributed by atoms with Gasteiger partial charge in [-0.05, 0) is 31.0 Å². The normalized spacial score (nSPS) is 18.1. The van der Waals surface area contributed by atoms with E-state index in [2.05, 4.69) is 5.32 Å². The van der Waals surface area contributed by atoms with Gasteiger partial charge in [0, 0.05) is 12.3 Å². The van der Waals surface area contributed by atoms with Gasteiger partial charge in [-0.1, -0.05) is 0 Å². The molecule has 1 unspecified atom stereocenters. The number of nitrogens with one attached hydrogen (secondary N) is 1. The Labute approximate surface area is 117 Å². The van der Waals surface area contributed by atoms with Gasteiger partial charge < -0.3 is 20.5 Å². The highest BCUT2D eigenvalue weighted by atomic mass is 19.1. The minimum Gasteiger partial charge on any atom is -0.396 e. The predicted octanol–water partition coefficient (Wildman–Crippen LogP) is 1.93. The number of rotatable bonds is 6. The molecule has 5 nitrogen and oxygen atoms in total. The Morgan fingerprint density at radius 2 is 2.40 bits per heavy atom. The van der Waals surface area contributed by atoms with Gasteiger partial charge in [-0.2, -0.15) is 0 Å². The van der Waals surface area contributed by atoms with Gasteiger partial charge in [0.25, 0.3) is 0 Å². The van der Waals surface area contributed by atoms with E-state index in [1.54, 1.807) is 0 Å². The van der Waals surface area contributed by atoms with Crippen LogP contribution in [0.2, 0.25) is 0 Å². The van der Waals surface area contributed by atoms with Gasteiger partial charge in [0.05, 0.1) is 31.4 Å². The van der Waals surface area contributed by atoms with E-state index in [1.807, 2.05) is 0 Å². The Hall–Kier alpha value is -1.66. The molecule has 1 fully saturated rings. The number of nitrogen functional groups attached to an aromatic ring is 1. The minimum atomic E-state index is -0.497. The molecule has 1 aromatic rings. The van der Waals surface area contributed by atoms with Crippen molar-refractivity contribution in [3.05, 3.63) is 24.0 Å². The van der Waals surface area contributed by atoms with Crippen LogP contribution in [0.3, 0.4) is 0 Å². The number of carbonyl (C=O) groups excluding carboxylic acids is 1. The maximum Gasteiger partial charge on any atom is 0.226 e. The average Bonchev–Trinajstić information content (AvgIpc) is 2.92. The van der Waals surface area contributed by atoms with Gasteiger partial charge >= 0.3 is 0 Å². The molecule has 0 bridgehead atoms. The molecule has 0 radical (unpaired) electrons. The zero-order valence-electron chi connectivity index (χ0n) is 11.2. The Bertz CT molecular complexity index is 462. The van der Waals surface area contributed by atoms with Crippen molar-refractivity contribution in [2.24, 2.45) is 0 Å². The number of benzene rings is 1. The molecular weight excluding hydrogens is 263 g/mol. The zero-order chi connectivity index (χ0) is 14.4. The highest BCUT2D eigenvalue weighted by Gasteiger charge is 2.15. The molecule has 1 aromatic carbocycles. The molecule has 1 aliphatic heterocycles. The fraction of sp³-hybridized carbons (Fsp3) is 0.500. The molecule has 1 aliphatic rings. The highest BCUT2D eigenvalue weighted by molar-refractivity contribution is 5.91. The van der Waals surface area contributed by atoms with E-state index in [1.165, 1.54) is 18.2 Å². The fourth-order valence-corrected chi connectivity index (χ4v) is 2.00. The molecular formula is C14H19FN2O3. The topological polar surface area (TPSA) is 73.6 Å². The summed E-state index contributed by atoms with van der Waals surface area (Å²) in [4.78, 5) is 11.6. The van der Waals surface area contributed by atoms with Crippen molar-refractivity contribution in [1.29, 1.82) is 0 Å². The number of halogens is 1. The molecule has 0 spiro atoms. The van der Waals surface area contributed by atoms with E-state index in [9.17, 15) is 9.18 Å². The van der Waals surface area contributed by atoms with Crippen molar-refractivity contribution < 1.29 is 18.7 Å². The largest absolute Gasteiger partial charge is 0.396 e. The number of ether oxygens (including phenoxy) is 2. The Morgan fingerprint density at radius 3 is 3.10 bits per heavy atom. The summed E-state index contributed by atoms with van der Waals surface area (Å²) in [5, 5.41) is 2.64. The van der Waals surface area contributed by atoms with E-state index in [0.29, 0.717) is 18.9 Å². The summed E-state index contributed by atoms with van der Waals surface area (Å²) in [6.45, 7) is 1.65.